The zero-order valence-corrected chi connectivity index (χ0v) is 33.1. The number of aryl methyl sites for hydroxylation is 8. The Morgan fingerprint density at radius 2 is 0.923 bits per heavy atom. The van der Waals surface area contributed by atoms with Crippen LogP contribution < -0.4 is 30.7 Å². The lowest BCUT2D eigenvalue weighted by Crippen LogP contribution is -2.45. The predicted octanol–water partition coefficient (Wildman–Crippen LogP) is 9.71. The molecule has 0 N–H and O–H groups in total. The van der Waals surface area contributed by atoms with Gasteiger partial charge in [0.1, 0.15) is 0 Å². The molecule has 52 heavy (non-hydrogen) atoms. The Kier molecular flexibility index (Phi) is 9.05. The lowest BCUT2D eigenvalue weighted by atomic mass is 9.88. The van der Waals surface area contributed by atoms with Gasteiger partial charge in [0.05, 0.1) is 10.8 Å². The average Bonchev–Trinajstić information content (AvgIpc) is 3.73. The summed E-state index contributed by atoms with van der Waals surface area (Å²) in [5.41, 5.74) is 11.2. The first-order valence-electron chi connectivity index (χ1n) is 18.0. The summed E-state index contributed by atoms with van der Waals surface area (Å²) >= 11 is 0. The Bertz CT molecular complexity index is 1990. The van der Waals surface area contributed by atoms with Crippen LogP contribution in [-0.4, -0.2) is 18.5 Å². The van der Waals surface area contributed by atoms with Crippen molar-refractivity contribution in [1.82, 2.24) is 0 Å². The van der Waals surface area contributed by atoms with Crippen LogP contribution in [0.15, 0.2) is 115 Å². The molecule has 5 aromatic carbocycles. The van der Waals surface area contributed by atoms with Crippen molar-refractivity contribution in [2.45, 2.75) is 66.2 Å². The summed E-state index contributed by atoms with van der Waals surface area (Å²) in [7, 11) is -2.32. The SMILES string of the molecule is Cc1cc(C)cc(P(c2cc(C)cc(C)c2)C2(P(c3cc(C)cc(C)c3)c3cc(C)cc(C)c3)C=CC3=C(OCO3)C2c2cccc3c2OCO3)c1. The molecule has 0 aromatic heterocycles. The number of fused-ring (bicyclic) bond motifs is 1. The number of para-hydroxylation sites is 1. The number of hydrogen-bond donors (Lipinski definition) is 0. The molecule has 2 aliphatic heterocycles. The van der Waals surface area contributed by atoms with Crippen LogP contribution in [0.4, 0.5) is 0 Å². The van der Waals surface area contributed by atoms with Crippen LogP contribution >= 0.6 is 15.8 Å². The number of allylic oxidation sites excluding steroid dienone is 3. The van der Waals surface area contributed by atoms with Crippen LogP contribution in [0.3, 0.4) is 0 Å². The molecule has 2 heterocycles. The van der Waals surface area contributed by atoms with Gasteiger partial charge in [-0.1, -0.05) is 136 Å². The van der Waals surface area contributed by atoms with E-state index in [0.29, 0.717) is 0 Å². The minimum absolute atomic E-state index is 0.185. The van der Waals surface area contributed by atoms with Crippen LogP contribution in [-0.2, 0) is 9.47 Å². The first-order chi connectivity index (χ1) is 25.0. The van der Waals surface area contributed by atoms with Crippen molar-refractivity contribution in [1.29, 1.82) is 0 Å². The monoisotopic (exact) mass is 724 g/mol. The largest absolute Gasteiger partial charge is 0.457 e. The minimum atomic E-state index is -1.16. The fourth-order valence-corrected chi connectivity index (χ4v) is 17.2. The van der Waals surface area contributed by atoms with E-state index in [1.54, 1.807) is 0 Å². The Morgan fingerprint density at radius 3 is 1.37 bits per heavy atom. The molecule has 264 valence electrons. The topological polar surface area (TPSA) is 36.9 Å². The van der Waals surface area contributed by atoms with Crippen molar-refractivity contribution in [3.05, 3.63) is 165 Å². The van der Waals surface area contributed by atoms with Crippen molar-refractivity contribution in [2.24, 2.45) is 0 Å². The third kappa shape index (κ3) is 6.15. The highest BCUT2D eigenvalue weighted by Crippen LogP contribution is 2.75. The average molecular weight is 725 g/mol. The summed E-state index contributed by atoms with van der Waals surface area (Å²) in [6, 6.07) is 35.0. The van der Waals surface area contributed by atoms with Gasteiger partial charge in [0, 0.05) is 5.56 Å². The molecule has 0 fully saturated rings. The number of rotatable bonds is 7. The lowest BCUT2D eigenvalue weighted by Gasteiger charge is -2.52. The van der Waals surface area contributed by atoms with Gasteiger partial charge < -0.3 is 18.9 Å². The maximum absolute atomic E-state index is 6.70. The number of ether oxygens (including phenoxy) is 4. The Morgan fingerprint density at radius 1 is 0.500 bits per heavy atom. The first-order valence-corrected chi connectivity index (χ1v) is 20.7. The standard InChI is InChI=1S/C46H46O4P2/c1-28-14-29(2)19-36(18-28)51(37-20-30(3)15-31(4)21-37)46(52(38-22-32(5)16-33(6)23-38)39-24-34(7)17-35(8)25-39)13-12-42-45(50-27-48-42)43(46)40-10-9-11-41-44(40)49-26-47-41/h9-25,43H,26-27H2,1-8H3. The molecule has 5 aromatic rings. The summed E-state index contributed by atoms with van der Waals surface area (Å²) < 4.78 is 25.5. The van der Waals surface area contributed by atoms with Gasteiger partial charge in [-0.15, -0.1) is 0 Å². The Balaban J connectivity index is 1.59. The molecular formula is C46H46O4P2. The molecular weight excluding hydrogens is 678 g/mol. The first kappa shape index (κ1) is 34.7. The van der Waals surface area contributed by atoms with E-state index in [0.717, 1.165) is 28.6 Å². The van der Waals surface area contributed by atoms with Gasteiger partial charge >= 0.3 is 0 Å². The molecule has 0 spiro atoms. The van der Waals surface area contributed by atoms with Crippen molar-refractivity contribution in [3.8, 4) is 11.5 Å². The zero-order valence-electron chi connectivity index (χ0n) is 31.3. The maximum Gasteiger partial charge on any atom is 0.231 e. The van der Waals surface area contributed by atoms with E-state index < -0.39 is 20.7 Å². The summed E-state index contributed by atoms with van der Waals surface area (Å²) in [5, 5.41) is 5.39. The third-order valence-electron chi connectivity index (χ3n) is 10.2. The molecule has 3 aliphatic rings. The van der Waals surface area contributed by atoms with E-state index in [-0.39, 0.29) is 19.5 Å². The summed E-state index contributed by atoms with van der Waals surface area (Å²) in [6.45, 7) is 18.2. The number of benzene rings is 5. The Labute approximate surface area is 311 Å². The van der Waals surface area contributed by atoms with Gasteiger partial charge in [-0.25, -0.2) is 0 Å². The second-order valence-electron chi connectivity index (χ2n) is 14.8. The molecule has 4 nitrogen and oxygen atoms in total. The van der Waals surface area contributed by atoms with Crippen LogP contribution in [0.2, 0.25) is 0 Å². The van der Waals surface area contributed by atoms with Crippen LogP contribution in [0.1, 0.15) is 56.0 Å². The molecule has 0 amide bonds. The highest BCUT2D eigenvalue weighted by atomic mass is 31.2. The van der Waals surface area contributed by atoms with Gasteiger partial charge in [-0.05, 0) is 105 Å². The zero-order chi connectivity index (χ0) is 36.3. The lowest BCUT2D eigenvalue weighted by molar-refractivity contribution is 0.0703. The molecule has 8 rings (SSSR count). The summed E-state index contributed by atoms with van der Waals surface area (Å²) in [6.07, 6.45) is 4.75. The van der Waals surface area contributed by atoms with Crippen LogP contribution in [0.25, 0.3) is 0 Å². The smallest absolute Gasteiger partial charge is 0.231 e. The second kappa shape index (κ2) is 13.6. The summed E-state index contributed by atoms with van der Waals surface area (Å²) in [4.78, 5) is -0.556. The predicted molar refractivity (Wildman–Crippen MR) is 217 cm³/mol. The van der Waals surface area contributed by atoms with E-state index in [2.05, 4.69) is 152 Å². The van der Waals surface area contributed by atoms with Crippen molar-refractivity contribution in [3.63, 3.8) is 0 Å². The fourth-order valence-electron chi connectivity index (χ4n) is 8.64. The van der Waals surface area contributed by atoms with E-state index in [1.807, 2.05) is 6.07 Å². The van der Waals surface area contributed by atoms with Gasteiger partial charge in [0.25, 0.3) is 0 Å². The molecule has 0 saturated heterocycles. The van der Waals surface area contributed by atoms with Gasteiger partial charge in [0.15, 0.2) is 23.0 Å². The highest BCUT2D eigenvalue weighted by molar-refractivity contribution is 7.91. The molecule has 1 unspecified atom stereocenters. The van der Waals surface area contributed by atoms with Crippen LogP contribution in [0, 0.1) is 55.4 Å². The van der Waals surface area contributed by atoms with Crippen LogP contribution in [0.5, 0.6) is 11.5 Å². The molecule has 0 bridgehead atoms. The third-order valence-corrected chi connectivity index (χ3v) is 16.7. The van der Waals surface area contributed by atoms with E-state index in [1.165, 1.54) is 65.7 Å². The van der Waals surface area contributed by atoms with Gasteiger partial charge in [-0.2, -0.15) is 0 Å². The molecule has 0 radical (unpaired) electrons. The molecule has 1 atom stereocenters. The minimum Gasteiger partial charge on any atom is -0.457 e. The normalized spacial score (nSPS) is 17.1. The Hall–Kier alpha value is -4.36. The maximum atomic E-state index is 6.70. The molecule has 6 heteroatoms. The van der Waals surface area contributed by atoms with Crippen molar-refractivity contribution in [2.75, 3.05) is 13.6 Å². The van der Waals surface area contributed by atoms with E-state index >= 15 is 0 Å². The van der Waals surface area contributed by atoms with E-state index in [9.17, 15) is 0 Å². The fraction of sp³-hybridized carbons (Fsp3) is 0.261. The van der Waals surface area contributed by atoms with Crippen molar-refractivity contribution >= 4 is 37.1 Å². The quantitative estimate of drug-likeness (QED) is 0.157. The highest BCUT2D eigenvalue weighted by Gasteiger charge is 2.58. The van der Waals surface area contributed by atoms with E-state index in [4.69, 9.17) is 18.9 Å². The second-order valence-corrected chi connectivity index (χ2v) is 20.1. The molecule has 1 aliphatic carbocycles. The van der Waals surface area contributed by atoms with Gasteiger partial charge in [-0.3, -0.25) is 0 Å². The van der Waals surface area contributed by atoms with Gasteiger partial charge in [0.2, 0.25) is 13.6 Å². The van der Waals surface area contributed by atoms with Crippen molar-refractivity contribution < 1.29 is 18.9 Å². The number of hydrogen-bond acceptors (Lipinski definition) is 4. The summed E-state index contributed by atoms with van der Waals surface area (Å²) in [5.74, 6) is 2.97. The molecule has 0 saturated carbocycles.